The molecule has 4 aromatic rings. The van der Waals surface area contributed by atoms with E-state index in [0.29, 0.717) is 34.0 Å². The highest BCUT2D eigenvalue weighted by molar-refractivity contribution is 6.33. The summed E-state index contributed by atoms with van der Waals surface area (Å²) in [5.74, 6) is -0.662. The predicted octanol–water partition coefficient (Wildman–Crippen LogP) is 4.57. The Hall–Kier alpha value is -4.92. The van der Waals surface area contributed by atoms with Gasteiger partial charge < -0.3 is 9.47 Å². The monoisotopic (exact) mass is 497 g/mol. The van der Waals surface area contributed by atoms with Crippen molar-refractivity contribution in [3.8, 4) is 17.4 Å². The van der Waals surface area contributed by atoms with E-state index in [1.807, 2.05) is 0 Å². The maximum atomic E-state index is 13.3. The summed E-state index contributed by atoms with van der Waals surface area (Å²) in [5, 5.41) is 0. The number of aromatic nitrogens is 2. The summed E-state index contributed by atoms with van der Waals surface area (Å²) in [7, 11) is 1.53. The number of methoxy groups -OCH3 is 1. The predicted molar refractivity (Wildman–Crippen MR) is 133 cm³/mol. The molecule has 0 unspecified atom stereocenters. The number of nitrogens with zero attached hydrogens (tertiary/aromatic N) is 3. The summed E-state index contributed by atoms with van der Waals surface area (Å²) in [6.45, 7) is 0. The van der Waals surface area contributed by atoms with Crippen molar-refractivity contribution in [2.45, 2.75) is 12.8 Å². The molecule has 0 saturated carbocycles. The standard InChI is InChI=1S/C28H20FN3O5/c1-36-25-12-11-22-27(31-25)24(14-15-30-22)37-20-8-2-17(3-9-20)16-23(33)21-10-13-26(34)32(28(21)35)19-6-4-18(29)5-7-19/h2-12,14-15H,13,16H2,1H3. The van der Waals surface area contributed by atoms with Crippen molar-refractivity contribution in [2.24, 2.45) is 0 Å². The summed E-state index contributed by atoms with van der Waals surface area (Å²) in [6.07, 6.45) is 2.82. The van der Waals surface area contributed by atoms with E-state index in [0.717, 1.165) is 17.0 Å². The van der Waals surface area contributed by atoms with Crippen LogP contribution in [0.3, 0.4) is 0 Å². The van der Waals surface area contributed by atoms with Gasteiger partial charge in [-0.2, -0.15) is 0 Å². The van der Waals surface area contributed by atoms with Crippen molar-refractivity contribution in [3.63, 3.8) is 0 Å². The smallest absolute Gasteiger partial charge is 0.268 e. The maximum absolute atomic E-state index is 13.3. The number of ether oxygens (including phenoxy) is 2. The molecule has 0 atom stereocenters. The molecule has 37 heavy (non-hydrogen) atoms. The number of benzene rings is 2. The molecule has 0 fully saturated rings. The zero-order chi connectivity index (χ0) is 25.9. The van der Waals surface area contributed by atoms with E-state index >= 15 is 0 Å². The molecule has 1 aliphatic rings. The Morgan fingerprint density at radius 1 is 1.00 bits per heavy atom. The highest BCUT2D eigenvalue weighted by atomic mass is 19.1. The Bertz CT molecular complexity index is 1550. The Kier molecular flexibility index (Phi) is 6.42. The van der Waals surface area contributed by atoms with Crippen molar-refractivity contribution in [3.05, 3.63) is 96.0 Å². The fourth-order valence-corrected chi connectivity index (χ4v) is 3.95. The quantitative estimate of drug-likeness (QED) is 0.272. The number of imide groups is 1. The lowest BCUT2D eigenvalue weighted by molar-refractivity contribution is -0.126. The van der Waals surface area contributed by atoms with Gasteiger partial charge in [0.15, 0.2) is 11.5 Å². The molecule has 9 heteroatoms. The first kappa shape index (κ1) is 23.8. The lowest BCUT2D eigenvalue weighted by atomic mass is 9.98. The number of amides is 2. The molecule has 8 nitrogen and oxygen atoms in total. The highest BCUT2D eigenvalue weighted by Gasteiger charge is 2.33. The van der Waals surface area contributed by atoms with Crippen LogP contribution in [0.1, 0.15) is 12.0 Å². The van der Waals surface area contributed by atoms with E-state index in [4.69, 9.17) is 9.47 Å². The molecule has 0 radical (unpaired) electrons. The number of ketones is 1. The first-order valence-electron chi connectivity index (χ1n) is 11.4. The van der Waals surface area contributed by atoms with E-state index in [-0.39, 0.29) is 24.1 Å². The minimum Gasteiger partial charge on any atom is -0.481 e. The van der Waals surface area contributed by atoms with Gasteiger partial charge in [-0.05, 0) is 48.0 Å². The molecule has 0 bridgehead atoms. The molecular formula is C28H20FN3O5. The molecule has 184 valence electrons. The van der Waals surface area contributed by atoms with Gasteiger partial charge in [-0.1, -0.05) is 18.2 Å². The van der Waals surface area contributed by atoms with Crippen LogP contribution < -0.4 is 14.4 Å². The third-order valence-electron chi connectivity index (χ3n) is 5.80. The zero-order valence-corrected chi connectivity index (χ0v) is 19.7. The largest absolute Gasteiger partial charge is 0.481 e. The third kappa shape index (κ3) is 4.92. The SMILES string of the molecule is COc1ccc2nccc(Oc3ccc(CC(=O)C4=CCC(=O)N(c5ccc(F)cc5)C4=O)cc3)c2n1. The Morgan fingerprint density at radius 2 is 1.76 bits per heavy atom. The van der Waals surface area contributed by atoms with Gasteiger partial charge in [-0.25, -0.2) is 14.3 Å². The minimum absolute atomic E-state index is 0.0414. The molecule has 1 aliphatic heterocycles. The maximum Gasteiger partial charge on any atom is 0.268 e. The number of anilines is 1. The number of pyridine rings is 2. The number of fused-ring (bicyclic) bond motifs is 1. The molecule has 0 saturated heterocycles. The van der Waals surface area contributed by atoms with E-state index < -0.39 is 23.4 Å². The number of carbonyl (C=O) groups excluding carboxylic acids is 3. The van der Waals surface area contributed by atoms with Crippen LogP contribution in [0.2, 0.25) is 0 Å². The van der Waals surface area contributed by atoms with Gasteiger partial charge in [0.2, 0.25) is 11.8 Å². The first-order chi connectivity index (χ1) is 17.9. The molecule has 0 aliphatic carbocycles. The van der Waals surface area contributed by atoms with Crippen LogP contribution >= 0.6 is 0 Å². The van der Waals surface area contributed by atoms with Crippen LogP contribution in [0.15, 0.2) is 84.6 Å². The number of rotatable bonds is 7. The fourth-order valence-electron chi connectivity index (χ4n) is 3.95. The van der Waals surface area contributed by atoms with E-state index in [1.54, 1.807) is 48.7 Å². The summed E-state index contributed by atoms with van der Waals surface area (Å²) in [6, 6.07) is 17.0. The van der Waals surface area contributed by atoms with Gasteiger partial charge in [0.1, 0.15) is 17.1 Å². The zero-order valence-electron chi connectivity index (χ0n) is 19.7. The fraction of sp³-hybridized carbons (Fsp3) is 0.107. The van der Waals surface area contributed by atoms with Crippen molar-refractivity contribution in [1.82, 2.24) is 9.97 Å². The second kappa shape index (κ2) is 9.98. The van der Waals surface area contributed by atoms with Gasteiger partial charge in [0.25, 0.3) is 5.91 Å². The van der Waals surface area contributed by atoms with Gasteiger partial charge in [0, 0.05) is 31.2 Å². The van der Waals surface area contributed by atoms with Crippen molar-refractivity contribution in [2.75, 3.05) is 12.0 Å². The summed E-state index contributed by atoms with van der Waals surface area (Å²) in [4.78, 5) is 47.8. The topological polar surface area (TPSA) is 98.7 Å². The molecule has 0 N–H and O–H groups in total. The lowest BCUT2D eigenvalue weighted by Crippen LogP contribution is -2.42. The van der Waals surface area contributed by atoms with Gasteiger partial charge in [-0.15, -0.1) is 0 Å². The summed E-state index contributed by atoms with van der Waals surface area (Å²) >= 11 is 0. The van der Waals surface area contributed by atoms with Crippen LogP contribution in [0.5, 0.6) is 17.4 Å². The second-order valence-corrected chi connectivity index (χ2v) is 8.21. The molecule has 5 rings (SSSR count). The number of Topliss-reactive ketones (excluding diaryl/α,β-unsaturated/α-hetero) is 1. The first-order valence-corrected chi connectivity index (χ1v) is 11.4. The van der Waals surface area contributed by atoms with Crippen LogP contribution in [0.4, 0.5) is 10.1 Å². The molecule has 3 heterocycles. The normalized spacial score (nSPS) is 13.5. The molecule has 0 spiro atoms. The van der Waals surface area contributed by atoms with Gasteiger partial charge >= 0.3 is 0 Å². The number of hydrogen-bond donors (Lipinski definition) is 0. The van der Waals surface area contributed by atoms with Gasteiger partial charge in [-0.3, -0.25) is 19.4 Å². The number of halogens is 1. The van der Waals surface area contributed by atoms with Crippen LogP contribution in [0.25, 0.3) is 11.0 Å². The van der Waals surface area contributed by atoms with Gasteiger partial charge in [0.05, 0.1) is 23.9 Å². The van der Waals surface area contributed by atoms with Crippen molar-refractivity contribution >= 4 is 34.3 Å². The third-order valence-corrected chi connectivity index (χ3v) is 5.80. The Balaban J connectivity index is 1.30. The Morgan fingerprint density at radius 3 is 2.49 bits per heavy atom. The number of hydrogen-bond acceptors (Lipinski definition) is 7. The van der Waals surface area contributed by atoms with E-state index in [1.165, 1.54) is 25.3 Å². The molecule has 2 amide bonds. The van der Waals surface area contributed by atoms with Crippen molar-refractivity contribution < 1.29 is 28.2 Å². The minimum atomic E-state index is -0.722. The lowest BCUT2D eigenvalue weighted by Gasteiger charge is -2.25. The summed E-state index contributed by atoms with van der Waals surface area (Å²) in [5.41, 5.74) is 2.00. The second-order valence-electron chi connectivity index (χ2n) is 8.21. The molecule has 2 aromatic carbocycles. The molecular weight excluding hydrogens is 477 g/mol. The highest BCUT2D eigenvalue weighted by Crippen LogP contribution is 2.29. The average molecular weight is 497 g/mol. The van der Waals surface area contributed by atoms with E-state index in [9.17, 15) is 18.8 Å². The van der Waals surface area contributed by atoms with Crippen LogP contribution in [-0.4, -0.2) is 34.7 Å². The molecule has 2 aromatic heterocycles. The Labute approximate surface area is 211 Å². The summed E-state index contributed by atoms with van der Waals surface area (Å²) < 4.78 is 24.4. The van der Waals surface area contributed by atoms with Crippen LogP contribution in [0, 0.1) is 5.82 Å². The number of carbonyl (C=O) groups is 3. The van der Waals surface area contributed by atoms with E-state index in [2.05, 4.69) is 9.97 Å². The van der Waals surface area contributed by atoms with Crippen molar-refractivity contribution in [1.29, 1.82) is 0 Å². The van der Waals surface area contributed by atoms with Crippen LogP contribution in [-0.2, 0) is 20.8 Å². The average Bonchev–Trinajstić information content (AvgIpc) is 2.91.